The van der Waals surface area contributed by atoms with Crippen LogP contribution in [0.1, 0.15) is 35.6 Å². The smallest absolute Gasteiger partial charge is 0.263 e. The van der Waals surface area contributed by atoms with Gasteiger partial charge >= 0.3 is 0 Å². The second-order valence-corrected chi connectivity index (χ2v) is 8.29. The predicted molar refractivity (Wildman–Crippen MR) is 108 cm³/mol. The number of rotatable bonds is 7. The Balaban J connectivity index is 1.66. The summed E-state index contributed by atoms with van der Waals surface area (Å²) in [4.78, 5) is 24.7. The third-order valence-corrected chi connectivity index (χ3v) is 5.87. The van der Waals surface area contributed by atoms with Crippen LogP contribution in [0.15, 0.2) is 24.4 Å². The van der Waals surface area contributed by atoms with E-state index < -0.39 is 0 Å². The van der Waals surface area contributed by atoms with Gasteiger partial charge in [-0.1, -0.05) is 19.9 Å². The number of pyridine rings is 1. The maximum Gasteiger partial charge on any atom is 0.263 e. The fraction of sp³-hybridized carbons (Fsp3) is 0.550. The van der Waals surface area contributed by atoms with Gasteiger partial charge in [-0.25, -0.2) is 4.98 Å². The summed E-state index contributed by atoms with van der Waals surface area (Å²) in [5.41, 5.74) is 1.56. The second-order valence-electron chi connectivity index (χ2n) is 7.29. The molecule has 2 aromatic rings. The number of amides is 1. The highest BCUT2D eigenvalue weighted by Crippen LogP contribution is 2.26. The number of hydrogen-bond acceptors (Lipinski definition) is 6. The van der Waals surface area contributed by atoms with Gasteiger partial charge in [-0.15, -0.1) is 11.3 Å². The molecule has 1 amide bonds. The molecule has 1 aliphatic heterocycles. The van der Waals surface area contributed by atoms with Crippen molar-refractivity contribution in [3.8, 4) is 10.7 Å². The Hall–Kier alpha value is -1.83. The van der Waals surface area contributed by atoms with Crippen molar-refractivity contribution < 1.29 is 9.53 Å². The van der Waals surface area contributed by atoms with Crippen LogP contribution in [0.25, 0.3) is 10.7 Å². The highest BCUT2D eigenvalue weighted by atomic mass is 32.1. The lowest BCUT2D eigenvalue weighted by molar-refractivity contribution is 0.0125. The minimum atomic E-state index is -0.0470. The van der Waals surface area contributed by atoms with Crippen molar-refractivity contribution in [2.24, 2.45) is 5.92 Å². The van der Waals surface area contributed by atoms with Crippen LogP contribution in [0.2, 0.25) is 0 Å². The lowest BCUT2D eigenvalue weighted by Gasteiger charge is -2.35. The molecule has 3 heterocycles. The molecule has 0 bridgehead atoms. The van der Waals surface area contributed by atoms with Crippen LogP contribution in [0.5, 0.6) is 0 Å². The molecule has 27 heavy (non-hydrogen) atoms. The number of carbonyl (C=O) groups is 1. The van der Waals surface area contributed by atoms with Gasteiger partial charge in [0.25, 0.3) is 5.91 Å². The first-order valence-corrected chi connectivity index (χ1v) is 10.3. The molecule has 0 aromatic carbocycles. The number of nitrogens with one attached hydrogen (secondary N) is 1. The third-order valence-electron chi connectivity index (χ3n) is 4.69. The SMILES string of the molecule is Cc1nc(-c2ccccn2)sc1C(=O)NC[C@H](CC(C)C)N1CCOCC1. The van der Waals surface area contributed by atoms with Crippen LogP contribution < -0.4 is 5.32 Å². The minimum Gasteiger partial charge on any atom is -0.379 e. The molecule has 2 aromatic heterocycles. The molecule has 3 rings (SSSR count). The summed E-state index contributed by atoms with van der Waals surface area (Å²) in [5, 5.41) is 3.92. The van der Waals surface area contributed by atoms with E-state index in [4.69, 9.17) is 4.74 Å². The lowest BCUT2D eigenvalue weighted by Crippen LogP contribution is -2.49. The van der Waals surface area contributed by atoms with Crippen molar-refractivity contribution in [3.05, 3.63) is 35.0 Å². The van der Waals surface area contributed by atoms with E-state index in [2.05, 4.69) is 34.0 Å². The normalized spacial score (nSPS) is 16.4. The molecule has 1 atom stereocenters. The highest BCUT2D eigenvalue weighted by molar-refractivity contribution is 7.17. The fourth-order valence-corrected chi connectivity index (χ4v) is 4.30. The summed E-state index contributed by atoms with van der Waals surface area (Å²) >= 11 is 1.40. The number of morpholine rings is 1. The molecule has 146 valence electrons. The summed E-state index contributed by atoms with van der Waals surface area (Å²) in [6.07, 6.45) is 2.80. The Bertz CT molecular complexity index is 742. The monoisotopic (exact) mass is 388 g/mol. The first-order chi connectivity index (χ1) is 13.0. The van der Waals surface area contributed by atoms with Crippen molar-refractivity contribution in [1.29, 1.82) is 0 Å². The number of hydrogen-bond donors (Lipinski definition) is 1. The van der Waals surface area contributed by atoms with E-state index in [0.717, 1.165) is 49.1 Å². The molecule has 0 unspecified atom stereocenters. The van der Waals surface area contributed by atoms with Gasteiger partial charge in [0.15, 0.2) is 0 Å². The first-order valence-electron chi connectivity index (χ1n) is 9.53. The minimum absolute atomic E-state index is 0.0470. The summed E-state index contributed by atoms with van der Waals surface area (Å²) in [7, 11) is 0. The van der Waals surface area contributed by atoms with E-state index >= 15 is 0 Å². The molecule has 0 radical (unpaired) electrons. The molecule has 6 nitrogen and oxygen atoms in total. The highest BCUT2D eigenvalue weighted by Gasteiger charge is 2.24. The van der Waals surface area contributed by atoms with Gasteiger partial charge in [-0.3, -0.25) is 14.7 Å². The zero-order chi connectivity index (χ0) is 19.2. The van der Waals surface area contributed by atoms with Gasteiger partial charge in [-0.2, -0.15) is 0 Å². The molecular weight excluding hydrogens is 360 g/mol. The Morgan fingerprint density at radius 1 is 1.33 bits per heavy atom. The molecule has 0 aliphatic carbocycles. The van der Waals surface area contributed by atoms with Crippen LogP contribution in [0, 0.1) is 12.8 Å². The van der Waals surface area contributed by atoms with E-state index in [1.54, 1.807) is 6.20 Å². The summed E-state index contributed by atoms with van der Waals surface area (Å²) in [6, 6.07) is 6.05. The van der Waals surface area contributed by atoms with Gasteiger partial charge in [-0.05, 0) is 31.4 Å². The molecule has 1 saturated heterocycles. The van der Waals surface area contributed by atoms with Crippen molar-refractivity contribution in [2.45, 2.75) is 33.2 Å². The molecule has 0 spiro atoms. The van der Waals surface area contributed by atoms with E-state index in [9.17, 15) is 4.79 Å². The number of aryl methyl sites for hydroxylation is 1. The number of aromatic nitrogens is 2. The van der Waals surface area contributed by atoms with Crippen molar-refractivity contribution in [2.75, 3.05) is 32.8 Å². The van der Waals surface area contributed by atoms with E-state index in [1.165, 1.54) is 11.3 Å². The fourth-order valence-electron chi connectivity index (χ4n) is 3.34. The summed E-state index contributed by atoms with van der Waals surface area (Å²) in [5.74, 6) is 0.532. The average Bonchev–Trinajstić information content (AvgIpc) is 3.08. The van der Waals surface area contributed by atoms with Crippen molar-refractivity contribution in [1.82, 2.24) is 20.2 Å². The molecule has 1 fully saturated rings. The molecular formula is C20H28N4O2S. The standard InChI is InChI=1S/C20H28N4O2S/c1-14(2)12-16(24-8-10-26-11-9-24)13-22-19(25)18-15(3)23-20(27-18)17-6-4-5-7-21-17/h4-7,14,16H,8-13H2,1-3H3,(H,22,25)/t16-/m0/s1. The molecule has 1 N–H and O–H groups in total. The largest absolute Gasteiger partial charge is 0.379 e. The maximum absolute atomic E-state index is 12.8. The van der Waals surface area contributed by atoms with Crippen molar-refractivity contribution in [3.63, 3.8) is 0 Å². The Morgan fingerprint density at radius 3 is 2.78 bits per heavy atom. The summed E-state index contributed by atoms with van der Waals surface area (Å²) < 4.78 is 5.47. The van der Waals surface area contributed by atoms with Crippen LogP contribution in [0.3, 0.4) is 0 Å². The second kappa shape index (κ2) is 9.39. The van der Waals surface area contributed by atoms with Gasteiger partial charge < -0.3 is 10.1 Å². The zero-order valence-electron chi connectivity index (χ0n) is 16.3. The first kappa shape index (κ1) is 19.9. The Kier molecular flexibility index (Phi) is 6.93. The van der Waals surface area contributed by atoms with Crippen LogP contribution >= 0.6 is 11.3 Å². The van der Waals surface area contributed by atoms with Crippen molar-refractivity contribution >= 4 is 17.2 Å². The lowest BCUT2D eigenvalue weighted by atomic mass is 10.0. The molecule has 7 heteroatoms. The number of ether oxygens (including phenoxy) is 1. The Morgan fingerprint density at radius 2 is 2.11 bits per heavy atom. The van der Waals surface area contributed by atoms with E-state index in [-0.39, 0.29) is 5.91 Å². The zero-order valence-corrected chi connectivity index (χ0v) is 17.1. The van der Waals surface area contributed by atoms with Crippen LogP contribution in [-0.4, -0.2) is 59.7 Å². The van der Waals surface area contributed by atoms with Crippen LogP contribution in [0.4, 0.5) is 0 Å². The quantitative estimate of drug-likeness (QED) is 0.790. The topological polar surface area (TPSA) is 67.4 Å². The van der Waals surface area contributed by atoms with Gasteiger partial charge in [0.05, 0.1) is 24.6 Å². The van der Waals surface area contributed by atoms with Crippen LogP contribution in [-0.2, 0) is 4.74 Å². The summed E-state index contributed by atoms with van der Waals surface area (Å²) in [6.45, 7) is 10.4. The predicted octanol–water partition coefficient (Wildman–Crippen LogP) is 2.99. The average molecular weight is 389 g/mol. The number of carbonyl (C=O) groups excluding carboxylic acids is 1. The molecule has 0 saturated carbocycles. The Labute approximate surface area is 165 Å². The van der Waals surface area contributed by atoms with E-state index in [1.807, 2.05) is 25.1 Å². The maximum atomic E-state index is 12.8. The molecule has 1 aliphatic rings. The third kappa shape index (κ3) is 5.34. The van der Waals surface area contributed by atoms with Gasteiger partial charge in [0.1, 0.15) is 9.88 Å². The number of nitrogens with zero attached hydrogens (tertiary/aromatic N) is 3. The van der Waals surface area contributed by atoms with Gasteiger partial charge in [0.2, 0.25) is 0 Å². The van der Waals surface area contributed by atoms with E-state index in [0.29, 0.717) is 23.4 Å². The van der Waals surface area contributed by atoms with Gasteiger partial charge in [0, 0.05) is 31.9 Å². The number of thiazole rings is 1.